The fraction of sp³-hybridized carbons (Fsp3) is 0.250. The number of phenols is 1. The van der Waals surface area contributed by atoms with E-state index in [0.29, 0.717) is 0 Å². The number of hydrogen-bond donors (Lipinski definition) is 1. The van der Waals surface area contributed by atoms with Gasteiger partial charge in [0.25, 0.3) is 0 Å². The van der Waals surface area contributed by atoms with Crippen molar-refractivity contribution in [3.05, 3.63) is 24.3 Å². The van der Waals surface area contributed by atoms with E-state index in [1.54, 1.807) is 19.1 Å². The van der Waals surface area contributed by atoms with Crippen LogP contribution in [0, 0.1) is 0 Å². The highest BCUT2D eigenvalue weighted by Gasteiger charge is 2.14. The van der Waals surface area contributed by atoms with Gasteiger partial charge < -0.3 is 5.11 Å². The zero-order chi connectivity index (χ0) is 9.19. The zero-order valence-electron chi connectivity index (χ0n) is 6.69. The lowest BCUT2D eigenvalue weighted by Crippen LogP contribution is -2.03. The molecule has 1 rings (SSSR count). The predicted molar refractivity (Wildman–Crippen MR) is 45.8 cm³/mol. The van der Waals surface area contributed by atoms with E-state index in [1.165, 1.54) is 12.1 Å². The molecule has 0 fully saturated rings. The third kappa shape index (κ3) is 1.58. The number of sulfone groups is 1. The topological polar surface area (TPSA) is 54.4 Å². The van der Waals surface area contributed by atoms with Gasteiger partial charge in [-0.15, -0.1) is 0 Å². The van der Waals surface area contributed by atoms with Crippen molar-refractivity contribution in [3.63, 3.8) is 0 Å². The average Bonchev–Trinajstić information content (AvgIpc) is 2.05. The van der Waals surface area contributed by atoms with E-state index in [0.717, 1.165) is 0 Å². The summed E-state index contributed by atoms with van der Waals surface area (Å²) in [6.45, 7) is 1.54. The molecule has 66 valence electrons. The molecular weight excluding hydrogens is 176 g/mol. The molecule has 0 amide bonds. The van der Waals surface area contributed by atoms with Gasteiger partial charge in [-0.05, 0) is 12.1 Å². The van der Waals surface area contributed by atoms with Gasteiger partial charge in [-0.1, -0.05) is 19.1 Å². The summed E-state index contributed by atoms with van der Waals surface area (Å²) in [5, 5.41) is 9.20. The normalized spacial score (nSPS) is 11.4. The molecule has 0 spiro atoms. The van der Waals surface area contributed by atoms with E-state index in [4.69, 9.17) is 0 Å². The standard InChI is InChI=1S/C8H10O3S/c1-2-12(10,11)8-6-4-3-5-7(8)9/h3-6,9H,2H2,1H3. The molecule has 0 saturated carbocycles. The maximum atomic E-state index is 11.3. The van der Waals surface area contributed by atoms with Crippen molar-refractivity contribution in [1.82, 2.24) is 0 Å². The number of benzene rings is 1. The number of aromatic hydroxyl groups is 1. The Morgan fingerprint density at radius 3 is 2.42 bits per heavy atom. The van der Waals surface area contributed by atoms with E-state index < -0.39 is 9.84 Å². The van der Waals surface area contributed by atoms with Gasteiger partial charge in [0.1, 0.15) is 10.6 Å². The van der Waals surface area contributed by atoms with Crippen LogP contribution in [0.25, 0.3) is 0 Å². The molecule has 12 heavy (non-hydrogen) atoms. The van der Waals surface area contributed by atoms with E-state index in [-0.39, 0.29) is 16.4 Å². The Morgan fingerprint density at radius 1 is 1.33 bits per heavy atom. The van der Waals surface area contributed by atoms with Gasteiger partial charge in [0.05, 0.1) is 5.75 Å². The van der Waals surface area contributed by atoms with Crippen molar-refractivity contribution in [1.29, 1.82) is 0 Å². The first-order valence-electron chi connectivity index (χ1n) is 3.58. The molecule has 0 unspecified atom stereocenters. The van der Waals surface area contributed by atoms with Gasteiger partial charge in [-0.2, -0.15) is 0 Å². The van der Waals surface area contributed by atoms with Crippen LogP contribution >= 0.6 is 0 Å². The summed E-state index contributed by atoms with van der Waals surface area (Å²) >= 11 is 0. The molecule has 4 heteroatoms. The molecule has 0 heterocycles. The molecule has 3 nitrogen and oxygen atoms in total. The summed E-state index contributed by atoms with van der Waals surface area (Å²) in [7, 11) is -3.28. The van der Waals surface area contributed by atoms with Gasteiger partial charge in [-0.25, -0.2) is 8.42 Å². The van der Waals surface area contributed by atoms with Crippen molar-refractivity contribution in [3.8, 4) is 5.75 Å². The van der Waals surface area contributed by atoms with Crippen molar-refractivity contribution < 1.29 is 13.5 Å². The van der Waals surface area contributed by atoms with E-state index >= 15 is 0 Å². The summed E-state index contributed by atoms with van der Waals surface area (Å²) in [4.78, 5) is 0.00694. The largest absolute Gasteiger partial charge is 0.507 e. The molecule has 1 aromatic rings. The van der Waals surface area contributed by atoms with Crippen LogP contribution in [0.15, 0.2) is 29.2 Å². The molecule has 0 bridgehead atoms. The van der Waals surface area contributed by atoms with Crippen LogP contribution in [-0.2, 0) is 9.84 Å². The zero-order valence-corrected chi connectivity index (χ0v) is 7.50. The number of hydrogen-bond acceptors (Lipinski definition) is 3. The van der Waals surface area contributed by atoms with E-state index in [1.807, 2.05) is 0 Å². The summed E-state index contributed by atoms with van der Waals surface area (Å²) in [6, 6.07) is 5.93. The van der Waals surface area contributed by atoms with Crippen LogP contribution in [0.5, 0.6) is 5.75 Å². The fourth-order valence-electron chi connectivity index (χ4n) is 0.876. The quantitative estimate of drug-likeness (QED) is 0.754. The molecular formula is C8H10O3S. The minimum atomic E-state index is -3.28. The van der Waals surface area contributed by atoms with Gasteiger partial charge in [0, 0.05) is 0 Å². The van der Waals surface area contributed by atoms with Gasteiger partial charge in [0.15, 0.2) is 9.84 Å². The second-order valence-electron chi connectivity index (χ2n) is 2.37. The van der Waals surface area contributed by atoms with E-state index in [9.17, 15) is 13.5 Å². The second-order valence-corrected chi connectivity index (χ2v) is 4.62. The third-order valence-electron chi connectivity index (χ3n) is 1.58. The van der Waals surface area contributed by atoms with E-state index in [2.05, 4.69) is 0 Å². The Balaban J connectivity index is 3.30. The Labute approximate surface area is 71.6 Å². The summed E-state index contributed by atoms with van der Waals surface area (Å²) in [6.07, 6.45) is 0. The fourth-order valence-corrected chi connectivity index (χ4v) is 1.86. The molecule has 0 aliphatic rings. The average molecular weight is 186 g/mol. The monoisotopic (exact) mass is 186 g/mol. The maximum Gasteiger partial charge on any atom is 0.181 e. The maximum absolute atomic E-state index is 11.3. The van der Waals surface area contributed by atoms with Crippen molar-refractivity contribution in [2.75, 3.05) is 5.75 Å². The Morgan fingerprint density at radius 2 is 1.92 bits per heavy atom. The van der Waals surface area contributed by atoms with Gasteiger partial charge in [0.2, 0.25) is 0 Å². The first-order valence-corrected chi connectivity index (χ1v) is 5.24. The lowest BCUT2D eigenvalue weighted by atomic mass is 10.3. The van der Waals surface area contributed by atoms with Crippen LogP contribution in [0.2, 0.25) is 0 Å². The van der Waals surface area contributed by atoms with Crippen LogP contribution in [0.1, 0.15) is 6.92 Å². The molecule has 0 atom stereocenters. The summed E-state index contributed by atoms with van der Waals surface area (Å²) in [5.74, 6) is -0.177. The lowest BCUT2D eigenvalue weighted by Gasteiger charge is -2.02. The first kappa shape index (κ1) is 9.06. The highest BCUT2D eigenvalue weighted by Crippen LogP contribution is 2.22. The summed E-state index contributed by atoms with van der Waals surface area (Å²) in [5.41, 5.74) is 0. The minimum Gasteiger partial charge on any atom is -0.507 e. The molecule has 0 saturated heterocycles. The molecule has 0 aliphatic carbocycles. The number of phenolic OH excluding ortho intramolecular Hbond substituents is 1. The smallest absolute Gasteiger partial charge is 0.181 e. The number of rotatable bonds is 2. The van der Waals surface area contributed by atoms with Crippen LogP contribution < -0.4 is 0 Å². The third-order valence-corrected chi connectivity index (χ3v) is 3.36. The SMILES string of the molecule is CCS(=O)(=O)c1ccccc1O. The second kappa shape index (κ2) is 3.15. The van der Waals surface area contributed by atoms with Gasteiger partial charge >= 0.3 is 0 Å². The van der Waals surface area contributed by atoms with Crippen molar-refractivity contribution in [2.45, 2.75) is 11.8 Å². The molecule has 0 radical (unpaired) electrons. The van der Waals surface area contributed by atoms with Crippen LogP contribution in [0.4, 0.5) is 0 Å². The number of para-hydroxylation sites is 1. The van der Waals surface area contributed by atoms with Crippen molar-refractivity contribution >= 4 is 9.84 Å². The highest BCUT2D eigenvalue weighted by molar-refractivity contribution is 7.91. The lowest BCUT2D eigenvalue weighted by molar-refractivity contribution is 0.459. The molecule has 1 N–H and O–H groups in total. The minimum absolute atomic E-state index is 0.00454. The summed E-state index contributed by atoms with van der Waals surface area (Å²) < 4.78 is 22.5. The van der Waals surface area contributed by atoms with Crippen LogP contribution in [0.3, 0.4) is 0 Å². The van der Waals surface area contributed by atoms with Crippen molar-refractivity contribution in [2.24, 2.45) is 0 Å². The first-order chi connectivity index (χ1) is 5.58. The molecule has 0 aliphatic heterocycles. The Hall–Kier alpha value is -1.03. The molecule has 0 aromatic heterocycles. The Kier molecular flexibility index (Phi) is 2.38. The van der Waals surface area contributed by atoms with Gasteiger partial charge in [-0.3, -0.25) is 0 Å². The highest BCUT2D eigenvalue weighted by atomic mass is 32.2. The molecule has 1 aromatic carbocycles. The predicted octanol–water partition coefficient (Wildman–Crippen LogP) is 1.19. The van der Waals surface area contributed by atoms with Crippen LogP contribution in [-0.4, -0.2) is 19.3 Å². The Bertz CT molecular complexity index is 368.